The minimum atomic E-state index is -0.102. The zero-order valence-electron chi connectivity index (χ0n) is 13.4. The molecule has 3 heteroatoms. The van der Waals surface area contributed by atoms with Crippen molar-refractivity contribution in [2.75, 3.05) is 26.7 Å². The van der Waals surface area contributed by atoms with Gasteiger partial charge in [-0.3, -0.25) is 0 Å². The van der Waals surface area contributed by atoms with E-state index in [1.807, 2.05) is 12.1 Å². The Morgan fingerprint density at radius 2 is 1.95 bits per heavy atom. The number of nitrogens with one attached hydrogen (secondary N) is 1. The Balaban J connectivity index is 1.94. The molecule has 1 atom stereocenters. The molecule has 0 aliphatic heterocycles. The summed E-state index contributed by atoms with van der Waals surface area (Å²) in [6.45, 7) is 4.94. The number of halogens is 1. The van der Waals surface area contributed by atoms with Crippen LogP contribution in [0.5, 0.6) is 0 Å². The molecular weight excluding hydrogens is 263 g/mol. The summed E-state index contributed by atoms with van der Waals surface area (Å²) in [6.07, 6.45) is 6.87. The molecule has 118 valence electrons. The maximum absolute atomic E-state index is 14.0. The smallest absolute Gasteiger partial charge is 0.128 e. The number of likely N-dealkylation sites (N-methyl/N-ethyl adjacent to an activating group) is 2. The van der Waals surface area contributed by atoms with Gasteiger partial charge in [0.05, 0.1) is 0 Å². The third-order valence-electron chi connectivity index (χ3n) is 4.52. The van der Waals surface area contributed by atoms with Crippen molar-refractivity contribution >= 4 is 0 Å². The summed E-state index contributed by atoms with van der Waals surface area (Å²) < 4.78 is 14.0. The molecule has 1 aliphatic rings. The van der Waals surface area contributed by atoms with Crippen molar-refractivity contribution in [1.29, 1.82) is 0 Å². The van der Waals surface area contributed by atoms with Crippen LogP contribution < -0.4 is 5.32 Å². The van der Waals surface area contributed by atoms with Gasteiger partial charge in [0, 0.05) is 24.7 Å². The van der Waals surface area contributed by atoms with Crippen molar-refractivity contribution in [1.82, 2.24) is 10.2 Å². The second-order valence-corrected chi connectivity index (χ2v) is 6.36. The Bertz CT molecular complexity index is 415. The van der Waals surface area contributed by atoms with E-state index in [1.54, 1.807) is 12.1 Å². The first-order valence-electron chi connectivity index (χ1n) is 8.37. The number of benzene rings is 1. The van der Waals surface area contributed by atoms with Crippen LogP contribution in [0.25, 0.3) is 0 Å². The number of hydrogen-bond acceptors (Lipinski definition) is 2. The lowest BCUT2D eigenvalue weighted by Gasteiger charge is -2.30. The SMILES string of the molecule is CCNC(CN(C)CC1CCCCC1)c1ccccc1F. The number of rotatable bonds is 7. The van der Waals surface area contributed by atoms with Gasteiger partial charge in [0.2, 0.25) is 0 Å². The van der Waals surface area contributed by atoms with Crippen molar-refractivity contribution in [3.05, 3.63) is 35.6 Å². The van der Waals surface area contributed by atoms with Crippen molar-refractivity contribution < 1.29 is 4.39 Å². The van der Waals surface area contributed by atoms with E-state index in [0.717, 1.165) is 31.1 Å². The average molecular weight is 292 g/mol. The molecule has 2 rings (SSSR count). The van der Waals surface area contributed by atoms with E-state index in [-0.39, 0.29) is 11.9 Å². The third kappa shape index (κ3) is 5.08. The standard InChI is InChI=1S/C18H29FN2/c1-3-20-18(16-11-7-8-12-17(16)19)14-21(2)13-15-9-5-4-6-10-15/h7-8,11-12,15,18,20H,3-6,9-10,13-14H2,1-2H3. The van der Waals surface area contributed by atoms with Gasteiger partial charge in [-0.05, 0) is 38.4 Å². The fourth-order valence-corrected chi connectivity index (χ4v) is 3.47. The van der Waals surface area contributed by atoms with Crippen LogP contribution in [0.1, 0.15) is 50.6 Å². The molecule has 0 amide bonds. The highest BCUT2D eigenvalue weighted by atomic mass is 19.1. The van der Waals surface area contributed by atoms with Crippen LogP contribution in [0.4, 0.5) is 4.39 Å². The van der Waals surface area contributed by atoms with Crippen molar-refractivity contribution in [2.45, 2.75) is 45.1 Å². The molecule has 1 N–H and O–H groups in total. The molecule has 1 unspecified atom stereocenters. The van der Waals surface area contributed by atoms with Crippen LogP contribution in [0.3, 0.4) is 0 Å². The van der Waals surface area contributed by atoms with Crippen molar-refractivity contribution in [2.24, 2.45) is 5.92 Å². The lowest BCUT2D eigenvalue weighted by Crippen LogP contribution is -2.36. The van der Waals surface area contributed by atoms with Gasteiger partial charge >= 0.3 is 0 Å². The minimum Gasteiger partial charge on any atom is -0.309 e. The van der Waals surface area contributed by atoms with E-state index in [1.165, 1.54) is 32.1 Å². The Hall–Kier alpha value is -0.930. The molecule has 0 aromatic heterocycles. The van der Waals surface area contributed by atoms with Gasteiger partial charge in [-0.2, -0.15) is 0 Å². The Morgan fingerprint density at radius 3 is 2.62 bits per heavy atom. The zero-order valence-corrected chi connectivity index (χ0v) is 13.4. The summed E-state index contributed by atoms with van der Waals surface area (Å²) in [5.41, 5.74) is 0.787. The third-order valence-corrected chi connectivity index (χ3v) is 4.52. The van der Waals surface area contributed by atoms with E-state index in [2.05, 4.69) is 24.2 Å². The molecule has 0 bridgehead atoms. The molecule has 1 aromatic carbocycles. The summed E-state index contributed by atoms with van der Waals surface area (Å²) in [4.78, 5) is 2.37. The molecule has 0 saturated heterocycles. The van der Waals surface area contributed by atoms with Gasteiger partial charge in [-0.15, -0.1) is 0 Å². The van der Waals surface area contributed by atoms with Gasteiger partial charge in [-0.25, -0.2) is 4.39 Å². The molecule has 2 nitrogen and oxygen atoms in total. The van der Waals surface area contributed by atoms with E-state index in [4.69, 9.17) is 0 Å². The summed E-state index contributed by atoms with van der Waals surface area (Å²) in [5, 5.41) is 3.43. The summed E-state index contributed by atoms with van der Waals surface area (Å²) >= 11 is 0. The van der Waals surface area contributed by atoms with Crippen LogP contribution in [-0.4, -0.2) is 31.6 Å². The summed E-state index contributed by atoms with van der Waals surface area (Å²) in [7, 11) is 2.17. The molecule has 1 aliphatic carbocycles. The van der Waals surface area contributed by atoms with E-state index >= 15 is 0 Å². The highest BCUT2D eigenvalue weighted by molar-refractivity contribution is 5.21. The first-order chi connectivity index (χ1) is 10.2. The Labute approximate surface area is 128 Å². The Kier molecular flexibility index (Phi) is 6.65. The van der Waals surface area contributed by atoms with Gasteiger partial charge in [-0.1, -0.05) is 44.4 Å². The van der Waals surface area contributed by atoms with Gasteiger partial charge in [0.1, 0.15) is 5.82 Å². The average Bonchev–Trinajstić information content (AvgIpc) is 2.48. The maximum Gasteiger partial charge on any atom is 0.128 e. The van der Waals surface area contributed by atoms with E-state index < -0.39 is 0 Å². The summed E-state index contributed by atoms with van der Waals surface area (Å²) in [5.74, 6) is 0.723. The van der Waals surface area contributed by atoms with Gasteiger partial charge in [0.25, 0.3) is 0 Å². The molecule has 1 aromatic rings. The fraction of sp³-hybridized carbons (Fsp3) is 0.667. The summed E-state index contributed by atoms with van der Waals surface area (Å²) in [6, 6.07) is 7.21. The lowest BCUT2D eigenvalue weighted by atomic mass is 9.89. The molecule has 0 radical (unpaired) electrons. The number of nitrogens with zero attached hydrogens (tertiary/aromatic N) is 1. The lowest BCUT2D eigenvalue weighted by molar-refractivity contribution is 0.215. The van der Waals surface area contributed by atoms with Crippen LogP contribution in [0.2, 0.25) is 0 Å². The molecular formula is C18H29FN2. The maximum atomic E-state index is 14.0. The monoisotopic (exact) mass is 292 g/mol. The van der Waals surface area contributed by atoms with Crippen LogP contribution in [-0.2, 0) is 0 Å². The van der Waals surface area contributed by atoms with Gasteiger partial charge < -0.3 is 10.2 Å². The highest BCUT2D eigenvalue weighted by Gasteiger charge is 2.20. The van der Waals surface area contributed by atoms with E-state index in [0.29, 0.717) is 0 Å². The molecule has 0 heterocycles. The van der Waals surface area contributed by atoms with Crippen molar-refractivity contribution in [3.8, 4) is 0 Å². The first-order valence-corrected chi connectivity index (χ1v) is 8.37. The quantitative estimate of drug-likeness (QED) is 0.817. The zero-order chi connectivity index (χ0) is 15.1. The number of hydrogen-bond donors (Lipinski definition) is 1. The Morgan fingerprint density at radius 1 is 1.24 bits per heavy atom. The van der Waals surface area contributed by atoms with Crippen molar-refractivity contribution in [3.63, 3.8) is 0 Å². The van der Waals surface area contributed by atoms with Crippen LogP contribution in [0, 0.1) is 11.7 Å². The predicted octanol–water partition coefficient (Wildman–Crippen LogP) is 3.99. The largest absolute Gasteiger partial charge is 0.309 e. The van der Waals surface area contributed by atoms with E-state index in [9.17, 15) is 4.39 Å². The van der Waals surface area contributed by atoms with Crippen LogP contribution >= 0.6 is 0 Å². The topological polar surface area (TPSA) is 15.3 Å². The first kappa shape index (κ1) is 16.4. The normalized spacial score (nSPS) is 18.1. The fourth-order valence-electron chi connectivity index (χ4n) is 3.47. The van der Waals surface area contributed by atoms with Crippen LogP contribution in [0.15, 0.2) is 24.3 Å². The molecule has 1 fully saturated rings. The predicted molar refractivity (Wildman–Crippen MR) is 86.9 cm³/mol. The minimum absolute atomic E-state index is 0.0739. The highest BCUT2D eigenvalue weighted by Crippen LogP contribution is 2.25. The second kappa shape index (κ2) is 8.50. The molecule has 1 saturated carbocycles. The molecule has 21 heavy (non-hydrogen) atoms. The second-order valence-electron chi connectivity index (χ2n) is 6.36. The van der Waals surface area contributed by atoms with Gasteiger partial charge in [0.15, 0.2) is 0 Å². The molecule has 0 spiro atoms.